The maximum absolute atomic E-state index is 12.4. The van der Waals surface area contributed by atoms with Crippen LogP contribution in [0.2, 0.25) is 0 Å². The maximum atomic E-state index is 12.4. The van der Waals surface area contributed by atoms with E-state index in [1.165, 1.54) is 5.69 Å². The van der Waals surface area contributed by atoms with Crippen molar-refractivity contribution in [3.05, 3.63) is 40.9 Å². The number of carbonyl (C=O) groups excluding carboxylic acids is 1. The summed E-state index contributed by atoms with van der Waals surface area (Å²) in [6, 6.07) is 4.26. The SMILES string of the molecule is Cc1ccc(CNC(=O)c2nc3c(n2C)CCN(C(C)C)C3)o1. The Morgan fingerprint density at radius 2 is 2.22 bits per heavy atom. The standard InChI is InChI=1S/C17H24N4O2/c1-11(2)21-8-7-15-14(10-21)19-16(20(15)4)17(22)18-9-13-6-5-12(3)23-13/h5-6,11H,7-10H2,1-4H3,(H,18,22). The van der Waals surface area contributed by atoms with Crippen molar-refractivity contribution in [3.8, 4) is 0 Å². The minimum atomic E-state index is -0.160. The Morgan fingerprint density at radius 1 is 1.43 bits per heavy atom. The zero-order chi connectivity index (χ0) is 16.6. The van der Waals surface area contributed by atoms with Gasteiger partial charge in [0, 0.05) is 38.3 Å². The molecule has 1 aliphatic rings. The highest BCUT2D eigenvalue weighted by molar-refractivity contribution is 5.91. The van der Waals surface area contributed by atoms with Crippen LogP contribution in [0.4, 0.5) is 0 Å². The number of carbonyl (C=O) groups is 1. The number of amides is 1. The average Bonchev–Trinajstić information content (AvgIpc) is 3.08. The fourth-order valence-electron chi connectivity index (χ4n) is 3.02. The highest BCUT2D eigenvalue weighted by atomic mass is 16.3. The van der Waals surface area contributed by atoms with Gasteiger partial charge in [-0.15, -0.1) is 0 Å². The molecule has 0 unspecified atom stereocenters. The zero-order valence-electron chi connectivity index (χ0n) is 14.2. The molecular weight excluding hydrogens is 292 g/mol. The molecule has 3 heterocycles. The highest BCUT2D eigenvalue weighted by Gasteiger charge is 2.26. The predicted molar refractivity (Wildman–Crippen MR) is 87.1 cm³/mol. The van der Waals surface area contributed by atoms with Crippen LogP contribution in [-0.2, 0) is 26.6 Å². The number of imidazole rings is 1. The monoisotopic (exact) mass is 316 g/mol. The first-order valence-electron chi connectivity index (χ1n) is 8.07. The van der Waals surface area contributed by atoms with Gasteiger partial charge in [-0.2, -0.15) is 0 Å². The second-order valence-electron chi connectivity index (χ2n) is 6.40. The topological polar surface area (TPSA) is 63.3 Å². The molecule has 0 spiro atoms. The number of aromatic nitrogens is 2. The number of nitrogens with zero attached hydrogens (tertiary/aromatic N) is 3. The van der Waals surface area contributed by atoms with E-state index in [0.29, 0.717) is 18.4 Å². The lowest BCUT2D eigenvalue weighted by Crippen LogP contribution is -2.36. The van der Waals surface area contributed by atoms with Crippen molar-refractivity contribution in [3.63, 3.8) is 0 Å². The molecule has 1 aliphatic heterocycles. The van der Waals surface area contributed by atoms with Gasteiger partial charge in [-0.3, -0.25) is 9.69 Å². The zero-order valence-corrected chi connectivity index (χ0v) is 14.2. The Kier molecular flexibility index (Phi) is 4.26. The number of rotatable bonds is 4. The lowest BCUT2D eigenvalue weighted by Gasteiger charge is -2.29. The number of furan rings is 1. The van der Waals surface area contributed by atoms with E-state index in [9.17, 15) is 4.79 Å². The summed E-state index contributed by atoms with van der Waals surface area (Å²) < 4.78 is 7.40. The largest absolute Gasteiger partial charge is 0.465 e. The average molecular weight is 316 g/mol. The molecule has 1 amide bonds. The van der Waals surface area contributed by atoms with E-state index in [2.05, 4.69) is 29.0 Å². The number of nitrogens with one attached hydrogen (secondary N) is 1. The second-order valence-corrected chi connectivity index (χ2v) is 6.40. The van der Waals surface area contributed by atoms with E-state index in [0.717, 1.165) is 36.7 Å². The molecule has 0 radical (unpaired) electrons. The Hall–Kier alpha value is -2.08. The first-order chi connectivity index (χ1) is 11.0. The molecule has 0 aromatic carbocycles. The molecule has 3 rings (SSSR count). The lowest BCUT2D eigenvalue weighted by molar-refractivity contribution is 0.0934. The molecular formula is C17H24N4O2. The molecule has 0 atom stereocenters. The van der Waals surface area contributed by atoms with Gasteiger partial charge in [0.15, 0.2) is 5.82 Å². The molecule has 2 aromatic heterocycles. The summed E-state index contributed by atoms with van der Waals surface area (Å²) in [6.45, 7) is 8.46. The minimum absolute atomic E-state index is 0.160. The van der Waals surface area contributed by atoms with Crippen molar-refractivity contribution < 1.29 is 9.21 Å². The van der Waals surface area contributed by atoms with Gasteiger partial charge in [0.1, 0.15) is 11.5 Å². The van der Waals surface area contributed by atoms with Gasteiger partial charge in [0.2, 0.25) is 0 Å². The number of aryl methyl sites for hydroxylation is 1. The van der Waals surface area contributed by atoms with Gasteiger partial charge >= 0.3 is 0 Å². The fraction of sp³-hybridized carbons (Fsp3) is 0.529. The molecule has 0 aliphatic carbocycles. The van der Waals surface area contributed by atoms with Crippen molar-refractivity contribution in [1.82, 2.24) is 19.8 Å². The van der Waals surface area contributed by atoms with Crippen LogP contribution in [-0.4, -0.2) is 32.9 Å². The normalized spacial score (nSPS) is 15.0. The van der Waals surface area contributed by atoms with E-state index in [4.69, 9.17) is 4.42 Å². The summed E-state index contributed by atoms with van der Waals surface area (Å²) in [5, 5.41) is 2.88. The van der Waals surface area contributed by atoms with Crippen molar-refractivity contribution in [2.24, 2.45) is 7.05 Å². The predicted octanol–water partition coefficient (Wildman–Crippen LogP) is 2.02. The van der Waals surface area contributed by atoms with Gasteiger partial charge in [0.05, 0.1) is 12.2 Å². The summed E-state index contributed by atoms with van der Waals surface area (Å²) >= 11 is 0. The summed E-state index contributed by atoms with van der Waals surface area (Å²) in [6.07, 6.45) is 0.932. The molecule has 0 saturated heterocycles. The van der Waals surface area contributed by atoms with Crippen LogP contribution < -0.4 is 5.32 Å². The Morgan fingerprint density at radius 3 is 2.87 bits per heavy atom. The van der Waals surface area contributed by atoms with E-state index in [1.807, 2.05) is 30.7 Å². The Balaban J connectivity index is 1.72. The van der Waals surface area contributed by atoms with E-state index < -0.39 is 0 Å². The van der Waals surface area contributed by atoms with Crippen LogP contribution in [0, 0.1) is 6.92 Å². The van der Waals surface area contributed by atoms with Crippen molar-refractivity contribution in [1.29, 1.82) is 0 Å². The van der Waals surface area contributed by atoms with Crippen molar-refractivity contribution in [2.75, 3.05) is 6.54 Å². The molecule has 0 fully saturated rings. The van der Waals surface area contributed by atoms with Crippen LogP contribution in [0.15, 0.2) is 16.5 Å². The number of hydrogen-bond acceptors (Lipinski definition) is 4. The van der Waals surface area contributed by atoms with Crippen LogP contribution in [0.25, 0.3) is 0 Å². The van der Waals surface area contributed by atoms with Crippen molar-refractivity contribution >= 4 is 5.91 Å². The maximum Gasteiger partial charge on any atom is 0.287 e. The summed E-state index contributed by atoms with van der Waals surface area (Å²) in [5.41, 5.74) is 2.19. The first-order valence-corrected chi connectivity index (χ1v) is 8.07. The third-order valence-electron chi connectivity index (χ3n) is 4.44. The van der Waals surface area contributed by atoms with Gasteiger partial charge in [-0.05, 0) is 32.9 Å². The van der Waals surface area contributed by atoms with Crippen LogP contribution >= 0.6 is 0 Å². The lowest BCUT2D eigenvalue weighted by atomic mass is 10.1. The van der Waals surface area contributed by atoms with E-state index in [-0.39, 0.29) is 5.91 Å². The summed E-state index contributed by atoms with van der Waals surface area (Å²) in [7, 11) is 1.92. The molecule has 0 saturated carbocycles. The molecule has 2 aromatic rings. The highest BCUT2D eigenvalue weighted by Crippen LogP contribution is 2.21. The smallest absolute Gasteiger partial charge is 0.287 e. The molecule has 6 nitrogen and oxygen atoms in total. The van der Waals surface area contributed by atoms with Crippen LogP contribution in [0.5, 0.6) is 0 Å². The molecule has 124 valence electrons. The third-order valence-corrected chi connectivity index (χ3v) is 4.44. The Bertz CT molecular complexity index is 714. The van der Waals surface area contributed by atoms with Gasteiger partial charge < -0.3 is 14.3 Å². The van der Waals surface area contributed by atoms with Crippen LogP contribution in [0.1, 0.15) is 47.4 Å². The van der Waals surface area contributed by atoms with Gasteiger partial charge in [-0.25, -0.2) is 4.98 Å². The van der Waals surface area contributed by atoms with E-state index in [1.54, 1.807) is 0 Å². The van der Waals surface area contributed by atoms with Crippen molar-refractivity contribution in [2.45, 2.75) is 46.3 Å². The minimum Gasteiger partial charge on any atom is -0.465 e. The second kappa shape index (κ2) is 6.20. The van der Waals surface area contributed by atoms with E-state index >= 15 is 0 Å². The molecule has 0 bridgehead atoms. The molecule has 1 N–H and O–H groups in total. The third kappa shape index (κ3) is 3.17. The number of fused-ring (bicyclic) bond motifs is 1. The number of hydrogen-bond donors (Lipinski definition) is 1. The molecule has 6 heteroatoms. The summed E-state index contributed by atoms with van der Waals surface area (Å²) in [5.74, 6) is 1.91. The van der Waals surface area contributed by atoms with Gasteiger partial charge in [-0.1, -0.05) is 0 Å². The fourth-order valence-corrected chi connectivity index (χ4v) is 3.02. The van der Waals surface area contributed by atoms with Gasteiger partial charge in [0.25, 0.3) is 5.91 Å². The van der Waals surface area contributed by atoms with Crippen LogP contribution in [0.3, 0.4) is 0 Å². The quantitative estimate of drug-likeness (QED) is 0.937. The Labute approximate surface area is 136 Å². The first kappa shape index (κ1) is 15.8. The summed E-state index contributed by atoms with van der Waals surface area (Å²) in [4.78, 5) is 19.4. The molecule has 23 heavy (non-hydrogen) atoms.